The average molecular weight is 511 g/mol. The molecule has 1 atom stereocenters. The van der Waals surface area contributed by atoms with Gasteiger partial charge in [-0.3, -0.25) is 9.59 Å². The Morgan fingerprint density at radius 3 is 1.39 bits per heavy atom. The molecule has 0 aliphatic rings. The Morgan fingerprint density at radius 1 is 0.500 bits per heavy atom. The molecule has 0 amide bonds. The van der Waals surface area contributed by atoms with Crippen LogP contribution in [0.1, 0.15) is 175 Å². The molecule has 214 valence electrons. The fraction of sp³-hybridized carbons (Fsp3) is 0.938. The van der Waals surface area contributed by atoms with Gasteiger partial charge in [-0.1, -0.05) is 143 Å². The molecule has 0 radical (unpaired) electrons. The molecule has 1 unspecified atom stereocenters. The lowest BCUT2D eigenvalue weighted by molar-refractivity contribution is -0.148. The van der Waals surface area contributed by atoms with Gasteiger partial charge in [0, 0.05) is 6.42 Å². The van der Waals surface area contributed by atoms with E-state index in [1.54, 1.807) is 0 Å². The summed E-state index contributed by atoms with van der Waals surface area (Å²) in [6.07, 6.45) is 28.3. The van der Waals surface area contributed by atoms with Crippen LogP contribution in [0.15, 0.2) is 0 Å². The number of hydrogen-bond donors (Lipinski definition) is 0. The Labute approximate surface area is 225 Å². The minimum absolute atomic E-state index is 0.00498. The average Bonchev–Trinajstić information content (AvgIpc) is 2.87. The Morgan fingerprint density at radius 2 is 0.889 bits per heavy atom. The van der Waals surface area contributed by atoms with Crippen molar-refractivity contribution in [3.05, 3.63) is 0 Å². The van der Waals surface area contributed by atoms with Crippen LogP contribution in [0.25, 0.3) is 0 Å². The zero-order valence-corrected chi connectivity index (χ0v) is 24.6. The van der Waals surface area contributed by atoms with Crippen LogP contribution < -0.4 is 0 Å². The zero-order valence-electron chi connectivity index (χ0n) is 24.6. The molecule has 36 heavy (non-hydrogen) atoms. The van der Waals surface area contributed by atoms with E-state index >= 15 is 0 Å². The summed E-state index contributed by atoms with van der Waals surface area (Å²) in [6, 6.07) is 0. The quantitative estimate of drug-likeness (QED) is 0.0776. The standard InChI is InChI=1S/C32H62O4/c1-4-6-8-10-20-24-28-35-31(33)27-23-19-17-15-13-12-14-16-18-22-26-30(3)32(34)36-29-25-21-11-9-7-5-2/h30H,4-29H2,1-3H3. The van der Waals surface area contributed by atoms with Crippen molar-refractivity contribution in [1.29, 1.82) is 0 Å². The summed E-state index contributed by atoms with van der Waals surface area (Å²) in [5.41, 5.74) is 0. The van der Waals surface area contributed by atoms with E-state index in [0.29, 0.717) is 19.6 Å². The molecule has 0 heterocycles. The third kappa shape index (κ3) is 26.0. The Kier molecular flexibility index (Phi) is 27.7. The van der Waals surface area contributed by atoms with Crippen molar-refractivity contribution in [3.8, 4) is 0 Å². The van der Waals surface area contributed by atoms with Gasteiger partial charge in [0.2, 0.25) is 0 Å². The molecule has 0 fully saturated rings. The summed E-state index contributed by atoms with van der Waals surface area (Å²) < 4.78 is 10.8. The molecule has 0 bridgehead atoms. The minimum Gasteiger partial charge on any atom is -0.466 e. The van der Waals surface area contributed by atoms with Crippen molar-refractivity contribution in [2.45, 2.75) is 175 Å². The van der Waals surface area contributed by atoms with Gasteiger partial charge in [-0.15, -0.1) is 0 Å². The van der Waals surface area contributed by atoms with Crippen molar-refractivity contribution in [1.82, 2.24) is 0 Å². The number of carbonyl (C=O) groups excluding carboxylic acids is 2. The van der Waals surface area contributed by atoms with Crippen molar-refractivity contribution in [2.24, 2.45) is 5.92 Å². The molecule has 0 aliphatic carbocycles. The van der Waals surface area contributed by atoms with Crippen LogP contribution in [0, 0.1) is 5.92 Å². The highest BCUT2D eigenvalue weighted by atomic mass is 16.5. The summed E-state index contributed by atoms with van der Waals surface area (Å²) in [5.74, 6) is 0.0245. The molecule has 0 N–H and O–H groups in total. The largest absolute Gasteiger partial charge is 0.466 e. The van der Waals surface area contributed by atoms with Crippen LogP contribution in [0.2, 0.25) is 0 Å². The number of rotatable bonds is 28. The minimum atomic E-state index is -0.0102. The molecular weight excluding hydrogens is 448 g/mol. The van der Waals surface area contributed by atoms with E-state index in [2.05, 4.69) is 13.8 Å². The van der Waals surface area contributed by atoms with Crippen molar-refractivity contribution < 1.29 is 19.1 Å². The molecule has 0 saturated heterocycles. The second kappa shape index (κ2) is 28.5. The van der Waals surface area contributed by atoms with Gasteiger partial charge in [0.15, 0.2) is 0 Å². The highest BCUT2D eigenvalue weighted by Crippen LogP contribution is 2.15. The van der Waals surface area contributed by atoms with E-state index in [1.807, 2.05) is 6.92 Å². The smallest absolute Gasteiger partial charge is 0.308 e. The van der Waals surface area contributed by atoms with Crippen LogP contribution in [-0.4, -0.2) is 25.2 Å². The fourth-order valence-corrected chi connectivity index (χ4v) is 4.59. The Hall–Kier alpha value is -1.06. The normalized spacial score (nSPS) is 12.0. The van der Waals surface area contributed by atoms with Crippen LogP contribution >= 0.6 is 0 Å². The molecule has 0 spiro atoms. The third-order valence-corrected chi connectivity index (χ3v) is 7.17. The zero-order chi connectivity index (χ0) is 26.5. The van der Waals surface area contributed by atoms with Gasteiger partial charge < -0.3 is 9.47 Å². The summed E-state index contributed by atoms with van der Waals surface area (Å²) in [4.78, 5) is 23.8. The van der Waals surface area contributed by atoms with E-state index in [9.17, 15) is 9.59 Å². The number of esters is 2. The van der Waals surface area contributed by atoms with Crippen LogP contribution in [0.3, 0.4) is 0 Å². The third-order valence-electron chi connectivity index (χ3n) is 7.17. The lowest BCUT2D eigenvalue weighted by Crippen LogP contribution is -2.15. The lowest BCUT2D eigenvalue weighted by Gasteiger charge is -2.11. The molecule has 0 aromatic rings. The van der Waals surface area contributed by atoms with Crippen molar-refractivity contribution >= 4 is 11.9 Å². The van der Waals surface area contributed by atoms with Gasteiger partial charge in [0.1, 0.15) is 0 Å². The number of hydrogen-bond acceptors (Lipinski definition) is 4. The monoisotopic (exact) mass is 510 g/mol. The van der Waals surface area contributed by atoms with Gasteiger partial charge in [-0.25, -0.2) is 0 Å². The highest BCUT2D eigenvalue weighted by molar-refractivity contribution is 5.71. The molecule has 0 aliphatic heterocycles. The lowest BCUT2D eigenvalue weighted by atomic mass is 10.0. The van der Waals surface area contributed by atoms with E-state index in [4.69, 9.17) is 9.47 Å². The first kappa shape index (κ1) is 34.9. The topological polar surface area (TPSA) is 52.6 Å². The predicted molar refractivity (Wildman–Crippen MR) is 153 cm³/mol. The highest BCUT2D eigenvalue weighted by Gasteiger charge is 2.13. The second-order valence-corrected chi connectivity index (χ2v) is 10.9. The van der Waals surface area contributed by atoms with E-state index < -0.39 is 0 Å². The molecule has 0 rings (SSSR count). The molecular formula is C32H62O4. The van der Waals surface area contributed by atoms with Gasteiger partial charge in [0.05, 0.1) is 19.1 Å². The van der Waals surface area contributed by atoms with E-state index in [0.717, 1.165) is 38.5 Å². The number of unbranched alkanes of at least 4 members (excludes halogenated alkanes) is 19. The fourth-order valence-electron chi connectivity index (χ4n) is 4.59. The van der Waals surface area contributed by atoms with Gasteiger partial charge in [-0.05, 0) is 25.7 Å². The first-order valence-corrected chi connectivity index (χ1v) is 15.9. The molecule has 4 heteroatoms. The van der Waals surface area contributed by atoms with Gasteiger partial charge in [-0.2, -0.15) is 0 Å². The van der Waals surface area contributed by atoms with Crippen molar-refractivity contribution in [3.63, 3.8) is 0 Å². The molecule has 0 aromatic heterocycles. The Bertz CT molecular complexity index is 477. The summed E-state index contributed by atoms with van der Waals surface area (Å²) in [6.45, 7) is 7.67. The molecule has 4 nitrogen and oxygen atoms in total. The SMILES string of the molecule is CCCCCCCCOC(=O)CCCCCCCCCCCCC(C)C(=O)OCCCCCCCC. The maximum Gasteiger partial charge on any atom is 0.308 e. The maximum atomic E-state index is 12.1. The molecule has 0 aromatic carbocycles. The predicted octanol–water partition coefficient (Wildman–Crippen LogP) is 10.1. The van der Waals surface area contributed by atoms with Crippen LogP contribution in [0.5, 0.6) is 0 Å². The molecule has 0 saturated carbocycles. The number of ether oxygens (including phenoxy) is 2. The van der Waals surface area contributed by atoms with Gasteiger partial charge >= 0.3 is 11.9 Å². The Balaban J connectivity index is 3.32. The second-order valence-electron chi connectivity index (χ2n) is 10.9. The van der Waals surface area contributed by atoms with Crippen LogP contribution in [0.4, 0.5) is 0 Å². The first-order valence-electron chi connectivity index (χ1n) is 15.9. The summed E-state index contributed by atoms with van der Waals surface area (Å²) in [5, 5.41) is 0. The maximum absolute atomic E-state index is 12.1. The van der Waals surface area contributed by atoms with Gasteiger partial charge in [0.25, 0.3) is 0 Å². The number of carbonyl (C=O) groups is 2. The summed E-state index contributed by atoms with van der Waals surface area (Å²) in [7, 11) is 0. The first-order chi connectivity index (χ1) is 17.6. The van der Waals surface area contributed by atoms with Crippen molar-refractivity contribution in [2.75, 3.05) is 13.2 Å². The van der Waals surface area contributed by atoms with E-state index in [1.165, 1.54) is 109 Å². The van der Waals surface area contributed by atoms with Crippen LogP contribution in [-0.2, 0) is 19.1 Å². The van der Waals surface area contributed by atoms with E-state index in [-0.39, 0.29) is 17.9 Å². The summed E-state index contributed by atoms with van der Waals surface area (Å²) >= 11 is 0.